The van der Waals surface area contributed by atoms with Crippen molar-refractivity contribution in [1.82, 2.24) is 9.80 Å². The summed E-state index contributed by atoms with van der Waals surface area (Å²) in [6.45, 7) is 5.35. The number of nitrogens with zero attached hydrogens (tertiary/aromatic N) is 2. The second kappa shape index (κ2) is 4.43. The minimum absolute atomic E-state index is 0.859. The van der Waals surface area contributed by atoms with Gasteiger partial charge in [0, 0.05) is 12.6 Å². The highest BCUT2D eigenvalue weighted by atomic mass is 15.2. The predicted octanol–water partition coefficient (Wildman–Crippen LogP) is 1.57. The molecule has 13 heavy (non-hydrogen) atoms. The standard InChI is InChI=1S/C11H22N2/c1-12-7-5-6-11(12)10-13-8-3-2-4-9-13/h11H,2-10H2,1H3/t11-/m1/s1. The maximum Gasteiger partial charge on any atom is 0.0220 e. The zero-order chi connectivity index (χ0) is 9.10. The van der Waals surface area contributed by atoms with Gasteiger partial charge in [-0.25, -0.2) is 0 Å². The molecule has 0 bridgehead atoms. The highest BCUT2D eigenvalue weighted by Crippen LogP contribution is 2.18. The van der Waals surface area contributed by atoms with Crippen LogP contribution >= 0.6 is 0 Å². The van der Waals surface area contributed by atoms with Crippen molar-refractivity contribution in [2.24, 2.45) is 0 Å². The normalized spacial score (nSPS) is 32.5. The van der Waals surface area contributed by atoms with E-state index in [1.165, 1.54) is 58.3 Å². The van der Waals surface area contributed by atoms with Gasteiger partial charge in [0.25, 0.3) is 0 Å². The third-order valence-electron chi connectivity index (χ3n) is 3.59. The molecule has 0 spiro atoms. The largest absolute Gasteiger partial charge is 0.302 e. The summed E-state index contributed by atoms with van der Waals surface area (Å²) >= 11 is 0. The van der Waals surface area contributed by atoms with Crippen LogP contribution in [-0.2, 0) is 0 Å². The second-order valence-electron chi connectivity index (χ2n) is 4.64. The molecule has 0 aromatic heterocycles. The third kappa shape index (κ3) is 2.44. The van der Waals surface area contributed by atoms with Crippen LogP contribution < -0.4 is 0 Å². The van der Waals surface area contributed by atoms with Crippen LogP contribution in [0.1, 0.15) is 32.1 Å². The fourth-order valence-corrected chi connectivity index (χ4v) is 2.65. The minimum Gasteiger partial charge on any atom is -0.302 e. The zero-order valence-electron chi connectivity index (χ0n) is 8.84. The van der Waals surface area contributed by atoms with Crippen LogP contribution in [0.5, 0.6) is 0 Å². The molecule has 2 heteroatoms. The van der Waals surface area contributed by atoms with E-state index in [-0.39, 0.29) is 0 Å². The first kappa shape index (κ1) is 9.47. The molecule has 0 unspecified atom stereocenters. The van der Waals surface area contributed by atoms with Gasteiger partial charge in [-0.3, -0.25) is 0 Å². The second-order valence-corrected chi connectivity index (χ2v) is 4.64. The van der Waals surface area contributed by atoms with Crippen LogP contribution in [0.3, 0.4) is 0 Å². The fourth-order valence-electron chi connectivity index (χ4n) is 2.65. The lowest BCUT2D eigenvalue weighted by molar-refractivity contribution is 0.169. The van der Waals surface area contributed by atoms with E-state index in [9.17, 15) is 0 Å². The van der Waals surface area contributed by atoms with Gasteiger partial charge in [0.1, 0.15) is 0 Å². The van der Waals surface area contributed by atoms with Gasteiger partial charge in [-0.05, 0) is 52.4 Å². The molecule has 2 fully saturated rings. The zero-order valence-corrected chi connectivity index (χ0v) is 8.84. The topological polar surface area (TPSA) is 6.48 Å². The summed E-state index contributed by atoms with van der Waals surface area (Å²) in [4.78, 5) is 5.20. The Kier molecular flexibility index (Phi) is 3.23. The van der Waals surface area contributed by atoms with Gasteiger partial charge in [-0.15, -0.1) is 0 Å². The van der Waals surface area contributed by atoms with Gasteiger partial charge in [0.15, 0.2) is 0 Å². The molecule has 2 aliphatic rings. The molecule has 0 amide bonds. The molecule has 0 saturated carbocycles. The van der Waals surface area contributed by atoms with Crippen molar-refractivity contribution in [2.75, 3.05) is 33.2 Å². The summed E-state index contributed by atoms with van der Waals surface area (Å²) in [7, 11) is 2.28. The van der Waals surface area contributed by atoms with Gasteiger partial charge in [0.05, 0.1) is 0 Å². The van der Waals surface area contributed by atoms with Crippen LogP contribution in [0, 0.1) is 0 Å². The van der Waals surface area contributed by atoms with E-state index in [4.69, 9.17) is 0 Å². The van der Waals surface area contributed by atoms with Crippen LogP contribution in [0.25, 0.3) is 0 Å². The maximum atomic E-state index is 2.66. The summed E-state index contributed by atoms with van der Waals surface area (Å²) in [5, 5.41) is 0. The lowest BCUT2D eigenvalue weighted by Gasteiger charge is -2.31. The lowest BCUT2D eigenvalue weighted by Crippen LogP contribution is -2.40. The van der Waals surface area contributed by atoms with E-state index >= 15 is 0 Å². The van der Waals surface area contributed by atoms with E-state index in [0.717, 1.165) is 6.04 Å². The average Bonchev–Trinajstić information content (AvgIpc) is 2.54. The summed E-state index contributed by atoms with van der Waals surface area (Å²) in [5.41, 5.74) is 0. The molecule has 2 heterocycles. The first-order valence-corrected chi connectivity index (χ1v) is 5.79. The molecule has 2 aliphatic heterocycles. The Morgan fingerprint density at radius 3 is 2.38 bits per heavy atom. The van der Waals surface area contributed by atoms with Crippen molar-refractivity contribution in [1.29, 1.82) is 0 Å². The summed E-state index contributed by atoms with van der Waals surface area (Å²) in [5.74, 6) is 0. The van der Waals surface area contributed by atoms with E-state index in [1.807, 2.05) is 0 Å². The van der Waals surface area contributed by atoms with Gasteiger partial charge in [-0.2, -0.15) is 0 Å². The van der Waals surface area contributed by atoms with Crippen molar-refractivity contribution < 1.29 is 0 Å². The van der Waals surface area contributed by atoms with Crippen molar-refractivity contribution in [3.8, 4) is 0 Å². The van der Waals surface area contributed by atoms with Crippen LogP contribution in [0.15, 0.2) is 0 Å². The van der Waals surface area contributed by atoms with Crippen molar-refractivity contribution >= 4 is 0 Å². The maximum absolute atomic E-state index is 2.66. The molecule has 0 aromatic carbocycles. The van der Waals surface area contributed by atoms with Crippen molar-refractivity contribution in [3.63, 3.8) is 0 Å². The molecule has 2 nitrogen and oxygen atoms in total. The van der Waals surface area contributed by atoms with E-state index in [2.05, 4.69) is 16.8 Å². The molecular formula is C11H22N2. The van der Waals surface area contributed by atoms with Gasteiger partial charge >= 0.3 is 0 Å². The smallest absolute Gasteiger partial charge is 0.0220 e. The fraction of sp³-hybridized carbons (Fsp3) is 1.00. The third-order valence-corrected chi connectivity index (χ3v) is 3.59. The molecule has 0 radical (unpaired) electrons. The lowest BCUT2D eigenvalue weighted by atomic mass is 10.1. The number of rotatable bonds is 2. The molecule has 1 atom stereocenters. The Morgan fingerprint density at radius 1 is 1.00 bits per heavy atom. The first-order chi connectivity index (χ1) is 6.36. The van der Waals surface area contributed by atoms with E-state index in [0.29, 0.717) is 0 Å². The van der Waals surface area contributed by atoms with Crippen LogP contribution in [-0.4, -0.2) is 49.1 Å². The number of hydrogen-bond acceptors (Lipinski definition) is 2. The minimum atomic E-state index is 0.859. The molecule has 2 rings (SSSR count). The van der Waals surface area contributed by atoms with Gasteiger partial charge < -0.3 is 9.80 Å². The van der Waals surface area contributed by atoms with Crippen molar-refractivity contribution in [2.45, 2.75) is 38.1 Å². The Hall–Kier alpha value is -0.0800. The molecule has 2 saturated heterocycles. The van der Waals surface area contributed by atoms with E-state index < -0.39 is 0 Å². The number of hydrogen-bond donors (Lipinski definition) is 0. The predicted molar refractivity (Wildman–Crippen MR) is 55.9 cm³/mol. The Bertz CT molecular complexity index is 152. The first-order valence-electron chi connectivity index (χ1n) is 5.79. The molecule has 0 N–H and O–H groups in total. The Balaban J connectivity index is 1.75. The van der Waals surface area contributed by atoms with Crippen LogP contribution in [0.2, 0.25) is 0 Å². The summed E-state index contributed by atoms with van der Waals surface area (Å²) < 4.78 is 0. The van der Waals surface area contributed by atoms with Gasteiger partial charge in [0.2, 0.25) is 0 Å². The summed E-state index contributed by atoms with van der Waals surface area (Å²) in [6, 6.07) is 0.859. The Labute approximate surface area is 81.9 Å². The molecular weight excluding hydrogens is 160 g/mol. The number of piperidine rings is 1. The number of likely N-dealkylation sites (tertiary alicyclic amines) is 2. The summed E-state index contributed by atoms with van der Waals surface area (Å²) in [6.07, 6.45) is 7.14. The van der Waals surface area contributed by atoms with E-state index in [1.54, 1.807) is 0 Å². The van der Waals surface area contributed by atoms with Crippen molar-refractivity contribution in [3.05, 3.63) is 0 Å². The average molecular weight is 182 g/mol. The molecule has 0 aliphatic carbocycles. The highest BCUT2D eigenvalue weighted by molar-refractivity contribution is 4.80. The SMILES string of the molecule is CN1CCC[C@@H]1CN1CCCCC1. The monoisotopic (exact) mass is 182 g/mol. The molecule has 76 valence electrons. The number of likely N-dealkylation sites (N-methyl/N-ethyl adjacent to an activating group) is 1. The van der Waals surface area contributed by atoms with Gasteiger partial charge in [-0.1, -0.05) is 6.42 Å². The van der Waals surface area contributed by atoms with Crippen LogP contribution in [0.4, 0.5) is 0 Å². The highest BCUT2D eigenvalue weighted by Gasteiger charge is 2.23. The molecule has 0 aromatic rings. The Morgan fingerprint density at radius 2 is 1.77 bits per heavy atom. The quantitative estimate of drug-likeness (QED) is 0.639.